The van der Waals surface area contributed by atoms with Gasteiger partial charge in [-0.2, -0.15) is 4.39 Å². The van der Waals surface area contributed by atoms with Crippen LogP contribution in [0.1, 0.15) is 17.3 Å². The van der Waals surface area contributed by atoms with Gasteiger partial charge in [0.05, 0.1) is 24.4 Å². The Morgan fingerprint density at radius 1 is 1.11 bits per heavy atom. The van der Waals surface area contributed by atoms with Gasteiger partial charge in [-0.3, -0.25) is 4.90 Å². The molecule has 9 heteroatoms. The Labute approximate surface area is 166 Å². The lowest BCUT2D eigenvalue weighted by molar-refractivity contribution is -0.00495. The number of pyridine rings is 1. The Morgan fingerprint density at radius 3 is 2.75 bits per heavy atom. The minimum Gasteiger partial charge on any atom is -0.368 e. The molecule has 1 fully saturated rings. The second kappa shape index (κ2) is 7.54. The minimum absolute atomic E-state index is 0. The molecular weight excluding hydrogens is 388 g/mol. The fourth-order valence-corrected chi connectivity index (χ4v) is 3.88. The molecule has 1 aromatic carbocycles. The van der Waals surface area contributed by atoms with Crippen LogP contribution in [0.3, 0.4) is 0 Å². The Balaban J connectivity index is 0.00000192. The monoisotopic (exact) mass is 405 g/mol. The highest BCUT2D eigenvalue weighted by molar-refractivity contribution is 5.85. The molecule has 28 heavy (non-hydrogen) atoms. The third-order valence-corrected chi connectivity index (χ3v) is 5.18. The number of halogens is 3. The molecule has 6 nitrogen and oxygen atoms in total. The smallest absolute Gasteiger partial charge is 0.212 e. The van der Waals surface area contributed by atoms with E-state index in [-0.39, 0.29) is 30.4 Å². The Kier molecular flexibility index (Phi) is 5.09. The lowest BCUT2D eigenvalue weighted by atomic mass is 10.1. The van der Waals surface area contributed by atoms with Gasteiger partial charge < -0.3 is 4.74 Å². The molecule has 0 unspecified atom stereocenters. The van der Waals surface area contributed by atoms with Crippen LogP contribution < -0.4 is 0 Å². The average Bonchev–Trinajstić information content (AvgIpc) is 3.27. The summed E-state index contributed by atoms with van der Waals surface area (Å²) in [4.78, 5) is 5.93. The number of hydrogen-bond acceptors (Lipinski definition) is 5. The van der Waals surface area contributed by atoms with Gasteiger partial charge in [0.15, 0.2) is 0 Å². The van der Waals surface area contributed by atoms with Crippen molar-refractivity contribution in [2.24, 2.45) is 0 Å². The molecule has 0 radical (unpaired) electrons. The summed E-state index contributed by atoms with van der Waals surface area (Å²) in [5.74, 6) is -0.801. The van der Waals surface area contributed by atoms with Crippen LogP contribution in [0.5, 0.6) is 0 Å². The predicted molar refractivity (Wildman–Crippen MR) is 99.8 cm³/mol. The van der Waals surface area contributed by atoms with Gasteiger partial charge in [0.2, 0.25) is 5.95 Å². The largest absolute Gasteiger partial charge is 0.368 e. The van der Waals surface area contributed by atoms with E-state index in [2.05, 4.69) is 20.2 Å². The standard InChI is InChI=1S/C19H17F2N5O.ClH/c20-14-4-2-1-3-13(14)19-16-11-27-17-10-25(9-15(17)26(16)24-23-19)8-12-5-6-18(21)22-7-12;/h1-7,15,17H,8-11H2;1H/t15-,17-;/m1./s1. The van der Waals surface area contributed by atoms with Gasteiger partial charge in [0.1, 0.15) is 11.5 Å². The molecule has 0 spiro atoms. The summed E-state index contributed by atoms with van der Waals surface area (Å²) in [6, 6.07) is 9.69. The van der Waals surface area contributed by atoms with Crippen LogP contribution in [-0.2, 0) is 17.9 Å². The molecule has 5 rings (SSSR count). The maximum atomic E-state index is 14.2. The quantitative estimate of drug-likeness (QED) is 0.627. The lowest BCUT2D eigenvalue weighted by Crippen LogP contribution is -2.32. The van der Waals surface area contributed by atoms with Crippen molar-refractivity contribution >= 4 is 12.4 Å². The van der Waals surface area contributed by atoms with Gasteiger partial charge in [-0.25, -0.2) is 14.1 Å². The molecule has 0 saturated carbocycles. The van der Waals surface area contributed by atoms with Gasteiger partial charge in [-0.15, -0.1) is 17.5 Å². The molecule has 2 aromatic heterocycles. The van der Waals surface area contributed by atoms with E-state index in [0.717, 1.165) is 24.3 Å². The van der Waals surface area contributed by atoms with Gasteiger partial charge in [0.25, 0.3) is 0 Å². The van der Waals surface area contributed by atoms with Crippen molar-refractivity contribution in [1.29, 1.82) is 0 Å². The van der Waals surface area contributed by atoms with Crippen molar-refractivity contribution in [1.82, 2.24) is 24.9 Å². The number of fused-ring (bicyclic) bond motifs is 3. The molecule has 146 valence electrons. The lowest BCUT2D eigenvalue weighted by Gasteiger charge is -2.26. The van der Waals surface area contributed by atoms with E-state index in [0.29, 0.717) is 24.4 Å². The first-order valence-corrected chi connectivity index (χ1v) is 8.82. The van der Waals surface area contributed by atoms with Gasteiger partial charge in [-0.05, 0) is 23.8 Å². The fourth-order valence-electron chi connectivity index (χ4n) is 3.88. The van der Waals surface area contributed by atoms with E-state index in [9.17, 15) is 8.78 Å². The van der Waals surface area contributed by atoms with Crippen molar-refractivity contribution in [3.63, 3.8) is 0 Å². The second-order valence-corrected chi connectivity index (χ2v) is 6.91. The molecule has 0 aliphatic carbocycles. The number of benzene rings is 1. The van der Waals surface area contributed by atoms with Crippen molar-refractivity contribution in [2.45, 2.75) is 25.3 Å². The van der Waals surface area contributed by atoms with Crippen molar-refractivity contribution in [2.75, 3.05) is 13.1 Å². The summed E-state index contributed by atoms with van der Waals surface area (Å²) in [6.07, 6.45) is 1.55. The molecule has 1 saturated heterocycles. The molecule has 3 aromatic rings. The third-order valence-electron chi connectivity index (χ3n) is 5.18. The third kappa shape index (κ3) is 3.28. The van der Waals surface area contributed by atoms with Crippen LogP contribution in [0.2, 0.25) is 0 Å². The highest BCUT2D eigenvalue weighted by atomic mass is 35.5. The molecule has 2 atom stereocenters. The van der Waals surface area contributed by atoms with Crippen LogP contribution in [0, 0.1) is 11.8 Å². The number of likely N-dealkylation sites (tertiary alicyclic amines) is 1. The highest BCUT2D eigenvalue weighted by Gasteiger charge is 2.40. The summed E-state index contributed by atoms with van der Waals surface area (Å²) >= 11 is 0. The Hall–Kier alpha value is -2.42. The molecule has 4 heterocycles. The van der Waals surface area contributed by atoms with Gasteiger partial charge in [-0.1, -0.05) is 23.4 Å². The fraction of sp³-hybridized carbons (Fsp3) is 0.316. The van der Waals surface area contributed by atoms with Crippen molar-refractivity contribution in [3.8, 4) is 11.3 Å². The van der Waals surface area contributed by atoms with Crippen molar-refractivity contribution in [3.05, 3.63) is 65.6 Å². The van der Waals surface area contributed by atoms with E-state index in [1.54, 1.807) is 30.5 Å². The zero-order valence-electron chi connectivity index (χ0n) is 14.8. The average molecular weight is 406 g/mol. The summed E-state index contributed by atoms with van der Waals surface area (Å²) in [7, 11) is 0. The SMILES string of the molecule is Cl.Fc1ccc(CN2C[C@@H]3[C@@H](C2)OCc2c(-c4ccccc4F)nnn23)cn1. The number of hydrogen-bond donors (Lipinski definition) is 0. The van der Waals surface area contributed by atoms with Crippen LogP contribution >= 0.6 is 12.4 Å². The molecule has 0 amide bonds. The first kappa shape index (κ1) is 18.9. The number of rotatable bonds is 3. The van der Waals surface area contributed by atoms with E-state index < -0.39 is 5.95 Å². The zero-order valence-corrected chi connectivity index (χ0v) is 15.6. The highest BCUT2D eigenvalue weighted by Crippen LogP contribution is 2.35. The number of ether oxygens (including phenoxy) is 1. The molecule has 0 bridgehead atoms. The first-order chi connectivity index (χ1) is 13.2. The van der Waals surface area contributed by atoms with E-state index in [4.69, 9.17) is 4.74 Å². The number of aromatic nitrogens is 4. The van der Waals surface area contributed by atoms with Gasteiger partial charge >= 0.3 is 0 Å². The summed E-state index contributed by atoms with van der Waals surface area (Å²) in [5, 5.41) is 8.53. The maximum Gasteiger partial charge on any atom is 0.212 e. The van der Waals surface area contributed by atoms with E-state index in [1.165, 1.54) is 12.1 Å². The van der Waals surface area contributed by atoms with Crippen molar-refractivity contribution < 1.29 is 13.5 Å². The van der Waals surface area contributed by atoms with E-state index >= 15 is 0 Å². The molecular formula is C19H18ClF2N5O. The molecule has 2 aliphatic rings. The number of nitrogens with zero attached hydrogens (tertiary/aromatic N) is 5. The van der Waals surface area contributed by atoms with Crippen LogP contribution in [0.25, 0.3) is 11.3 Å². The van der Waals surface area contributed by atoms with Crippen LogP contribution in [-0.4, -0.2) is 44.1 Å². The second-order valence-electron chi connectivity index (χ2n) is 6.91. The summed E-state index contributed by atoms with van der Waals surface area (Å²) < 4.78 is 35.1. The van der Waals surface area contributed by atoms with Gasteiger partial charge in [0, 0.05) is 31.4 Å². The van der Waals surface area contributed by atoms with Crippen LogP contribution in [0.15, 0.2) is 42.6 Å². The zero-order chi connectivity index (χ0) is 18.4. The van der Waals surface area contributed by atoms with E-state index in [1.807, 2.05) is 4.68 Å². The van der Waals surface area contributed by atoms with Crippen LogP contribution in [0.4, 0.5) is 8.78 Å². The molecule has 2 aliphatic heterocycles. The Morgan fingerprint density at radius 2 is 1.96 bits per heavy atom. The minimum atomic E-state index is -0.481. The Bertz CT molecular complexity index is 981. The predicted octanol–water partition coefficient (Wildman–Crippen LogP) is 3.00. The molecule has 0 N–H and O–H groups in total. The summed E-state index contributed by atoms with van der Waals surface area (Å²) in [5.41, 5.74) is 2.72. The normalized spacial score (nSPS) is 21.1. The maximum absolute atomic E-state index is 14.2. The summed E-state index contributed by atoms with van der Waals surface area (Å²) in [6.45, 7) is 2.49. The first-order valence-electron chi connectivity index (χ1n) is 8.82. The topological polar surface area (TPSA) is 56.1 Å².